The number of hydrogen-bond acceptors (Lipinski definition) is 5. The monoisotopic (exact) mass is 487 g/mol. The fourth-order valence-electron chi connectivity index (χ4n) is 2.25. The largest absolute Gasteiger partial charge is 0.497 e. The molecule has 148 valence electrons. The first-order chi connectivity index (χ1) is 12.5. The summed E-state index contributed by atoms with van der Waals surface area (Å²) in [5, 5.41) is 3.02. The average Bonchev–Trinajstić information content (AvgIpc) is 2.67. The van der Waals surface area contributed by atoms with E-state index in [1.54, 1.807) is 33.5 Å². The van der Waals surface area contributed by atoms with Crippen LogP contribution in [-0.4, -0.2) is 39.9 Å². The molecule has 27 heavy (non-hydrogen) atoms. The molecule has 0 heterocycles. The number of benzene rings is 2. The molecule has 0 bridgehead atoms. The van der Waals surface area contributed by atoms with Crippen LogP contribution in [0.3, 0.4) is 0 Å². The minimum atomic E-state index is -0.130. The number of anilines is 1. The van der Waals surface area contributed by atoms with Gasteiger partial charge in [-0.2, -0.15) is 0 Å². The molecule has 0 amide bonds. The lowest BCUT2D eigenvalue weighted by atomic mass is 10.3. The quantitative estimate of drug-likeness (QED) is 0.337. The van der Waals surface area contributed by atoms with Crippen molar-refractivity contribution in [3.8, 4) is 23.0 Å². The summed E-state index contributed by atoms with van der Waals surface area (Å²) in [4.78, 5) is 4.31. The van der Waals surface area contributed by atoms with Gasteiger partial charge in [0.2, 0.25) is 0 Å². The Morgan fingerprint density at radius 3 is 2.19 bits per heavy atom. The van der Waals surface area contributed by atoms with Crippen molar-refractivity contribution in [2.24, 2.45) is 10.7 Å². The molecule has 3 N–H and O–H groups in total. The van der Waals surface area contributed by atoms with E-state index < -0.39 is 0 Å². The van der Waals surface area contributed by atoms with E-state index in [4.69, 9.17) is 24.7 Å². The number of nitrogens with one attached hydrogen (secondary N) is 1. The van der Waals surface area contributed by atoms with E-state index in [-0.39, 0.29) is 30.1 Å². The Balaban J connectivity index is 0.00000364. The zero-order valence-corrected chi connectivity index (χ0v) is 18.2. The maximum Gasteiger partial charge on any atom is 0.193 e. The van der Waals surface area contributed by atoms with Gasteiger partial charge in [0, 0.05) is 11.8 Å². The van der Waals surface area contributed by atoms with Crippen molar-refractivity contribution >= 4 is 35.6 Å². The Hall–Kier alpha value is -2.36. The van der Waals surface area contributed by atoms with E-state index in [1.807, 2.05) is 37.3 Å². The molecule has 0 saturated heterocycles. The zero-order valence-electron chi connectivity index (χ0n) is 15.9. The van der Waals surface area contributed by atoms with E-state index in [0.29, 0.717) is 24.0 Å². The Kier molecular flexibility index (Phi) is 9.55. The van der Waals surface area contributed by atoms with Crippen LogP contribution >= 0.6 is 24.0 Å². The van der Waals surface area contributed by atoms with Crippen molar-refractivity contribution in [3.63, 3.8) is 0 Å². The summed E-state index contributed by atoms with van der Waals surface area (Å²) in [7, 11) is 4.80. The second-order valence-electron chi connectivity index (χ2n) is 5.52. The van der Waals surface area contributed by atoms with Crippen molar-refractivity contribution in [3.05, 3.63) is 42.5 Å². The predicted octanol–water partition coefficient (Wildman–Crippen LogP) is 3.52. The standard InChI is InChI=1S/C19H25N3O4.HI/c1-13(26-16-8-6-15(23-2)7-9-16)12-21-19(20)22-14-5-10-17(24-3)18(11-14)25-4;/h5-11,13H,12H2,1-4H3,(H3,20,21,22);1H. The van der Waals surface area contributed by atoms with Gasteiger partial charge in [-0.25, -0.2) is 4.99 Å². The van der Waals surface area contributed by atoms with Crippen LogP contribution in [0.1, 0.15) is 6.92 Å². The molecule has 0 aromatic heterocycles. The molecule has 0 aliphatic carbocycles. The molecule has 7 nitrogen and oxygen atoms in total. The molecule has 2 aromatic rings. The van der Waals surface area contributed by atoms with Gasteiger partial charge in [-0.3, -0.25) is 0 Å². The number of ether oxygens (including phenoxy) is 4. The lowest BCUT2D eigenvalue weighted by molar-refractivity contribution is 0.230. The van der Waals surface area contributed by atoms with Crippen LogP contribution in [0.25, 0.3) is 0 Å². The van der Waals surface area contributed by atoms with Gasteiger partial charge in [-0.15, -0.1) is 24.0 Å². The Morgan fingerprint density at radius 2 is 1.59 bits per heavy atom. The molecule has 8 heteroatoms. The third kappa shape index (κ3) is 7.05. The topological polar surface area (TPSA) is 87.3 Å². The third-order valence-corrected chi connectivity index (χ3v) is 3.57. The summed E-state index contributed by atoms with van der Waals surface area (Å²) in [5.74, 6) is 3.09. The lowest BCUT2D eigenvalue weighted by Crippen LogP contribution is -2.25. The van der Waals surface area contributed by atoms with Crippen LogP contribution in [0.2, 0.25) is 0 Å². The summed E-state index contributed by atoms with van der Waals surface area (Å²) in [6, 6.07) is 12.8. The molecule has 0 fully saturated rings. The van der Waals surface area contributed by atoms with Gasteiger partial charge in [-0.05, 0) is 43.3 Å². The predicted molar refractivity (Wildman–Crippen MR) is 118 cm³/mol. The number of rotatable bonds is 8. The van der Waals surface area contributed by atoms with Crippen LogP contribution in [0.15, 0.2) is 47.5 Å². The molecule has 0 saturated carbocycles. The highest BCUT2D eigenvalue weighted by Gasteiger charge is 2.07. The van der Waals surface area contributed by atoms with Gasteiger partial charge in [0.15, 0.2) is 17.5 Å². The van der Waals surface area contributed by atoms with Crippen molar-refractivity contribution in [2.75, 3.05) is 33.2 Å². The zero-order chi connectivity index (χ0) is 18.9. The molecule has 1 unspecified atom stereocenters. The second kappa shape index (κ2) is 11.4. The minimum absolute atomic E-state index is 0. The van der Waals surface area contributed by atoms with Crippen molar-refractivity contribution in [2.45, 2.75) is 13.0 Å². The molecule has 0 aliphatic rings. The second-order valence-corrected chi connectivity index (χ2v) is 5.52. The lowest BCUT2D eigenvalue weighted by Gasteiger charge is -2.14. The molecule has 0 spiro atoms. The fraction of sp³-hybridized carbons (Fsp3) is 0.316. The number of halogens is 1. The highest BCUT2D eigenvalue weighted by molar-refractivity contribution is 14.0. The van der Waals surface area contributed by atoms with E-state index in [9.17, 15) is 0 Å². The molecule has 2 aromatic carbocycles. The van der Waals surface area contributed by atoms with Crippen molar-refractivity contribution in [1.82, 2.24) is 0 Å². The van der Waals surface area contributed by atoms with Gasteiger partial charge in [-0.1, -0.05) is 0 Å². The third-order valence-electron chi connectivity index (χ3n) is 3.57. The Labute approximate surface area is 176 Å². The summed E-state index contributed by atoms with van der Waals surface area (Å²) < 4.78 is 21.4. The number of hydrogen-bond donors (Lipinski definition) is 2. The van der Waals surface area contributed by atoms with Crippen LogP contribution in [-0.2, 0) is 0 Å². The van der Waals surface area contributed by atoms with E-state index in [1.165, 1.54) is 0 Å². The SMILES string of the molecule is COc1ccc(OC(C)CN=C(N)Nc2ccc(OC)c(OC)c2)cc1.I. The highest BCUT2D eigenvalue weighted by Crippen LogP contribution is 2.29. The number of nitrogens with zero attached hydrogens (tertiary/aromatic N) is 1. The first-order valence-corrected chi connectivity index (χ1v) is 8.15. The molecule has 1 atom stereocenters. The van der Waals surface area contributed by atoms with Crippen LogP contribution in [0.4, 0.5) is 5.69 Å². The molecule has 2 rings (SSSR count). The van der Waals surface area contributed by atoms with Gasteiger partial charge < -0.3 is 30.0 Å². The minimum Gasteiger partial charge on any atom is -0.497 e. The number of methoxy groups -OCH3 is 3. The maximum absolute atomic E-state index is 5.94. The van der Waals surface area contributed by atoms with E-state index >= 15 is 0 Å². The van der Waals surface area contributed by atoms with Crippen molar-refractivity contribution < 1.29 is 18.9 Å². The normalized spacial score (nSPS) is 11.8. The molecular formula is C19H26IN3O4. The van der Waals surface area contributed by atoms with Gasteiger partial charge >= 0.3 is 0 Å². The Bertz CT molecular complexity index is 738. The average molecular weight is 487 g/mol. The molecule has 0 radical (unpaired) electrons. The smallest absolute Gasteiger partial charge is 0.193 e. The summed E-state index contributed by atoms with van der Waals surface area (Å²) in [6.45, 7) is 2.34. The van der Waals surface area contributed by atoms with Crippen LogP contribution < -0.4 is 30.0 Å². The first kappa shape index (κ1) is 22.7. The van der Waals surface area contributed by atoms with Gasteiger partial charge in [0.1, 0.15) is 17.6 Å². The maximum atomic E-state index is 5.94. The van der Waals surface area contributed by atoms with Gasteiger partial charge in [0.05, 0.1) is 27.9 Å². The number of aliphatic imine (C=N–C) groups is 1. The highest BCUT2D eigenvalue weighted by atomic mass is 127. The summed E-state index contributed by atoms with van der Waals surface area (Å²) in [6.07, 6.45) is -0.130. The van der Waals surface area contributed by atoms with Gasteiger partial charge in [0.25, 0.3) is 0 Å². The first-order valence-electron chi connectivity index (χ1n) is 8.15. The summed E-state index contributed by atoms with van der Waals surface area (Å²) >= 11 is 0. The van der Waals surface area contributed by atoms with E-state index in [0.717, 1.165) is 17.2 Å². The fourth-order valence-corrected chi connectivity index (χ4v) is 2.25. The molecule has 0 aliphatic heterocycles. The van der Waals surface area contributed by atoms with Crippen LogP contribution in [0, 0.1) is 0 Å². The van der Waals surface area contributed by atoms with Crippen molar-refractivity contribution in [1.29, 1.82) is 0 Å². The van der Waals surface area contributed by atoms with Crippen LogP contribution in [0.5, 0.6) is 23.0 Å². The molecular weight excluding hydrogens is 461 g/mol. The number of guanidine groups is 1. The number of nitrogens with two attached hydrogens (primary N) is 1. The Morgan fingerprint density at radius 1 is 0.963 bits per heavy atom. The summed E-state index contributed by atoms with van der Waals surface area (Å²) in [5.41, 5.74) is 6.70. The van der Waals surface area contributed by atoms with E-state index in [2.05, 4.69) is 10.3 Å².